The van der Waals surface area contributed by atoms with Gasteiger partial charge in [-0.3, -0.25) is 0 Å². The van der Waals surface area contributed by atoms with E-state index in [0.29, 0.717) is 16.8 Å². The number of thiophene rings is 1. The maximum absolute atomic E-state index is 5.71. The van der Waals surface area contributed by atoms with E-state index < -0.39 is 0 Å². The van der Waals surface area contributed by atoms with E-state index in [9.17, 15) is 0 Å². The van der Waals surface area contributed by atoms with Crippen LogP contribution in [-0.2, 0) is 0 Å². The molecule has 21 heavy (non-hydrogen) atoms. The summed E-state index contributed by atoms with van der Waals surface area (Å²) in [7, 11) is 0. The third-order valence-corrected chi connectivity index (χ3v) is 5.34. The average molecular weight is 379 g/mol. The SMILES string of the molecule is Nc1nc2ccc(-c3nc(-c4ccc(Br)s4)no3)cc2s1. The number of aromatic nitrogens is 3. The fourth-order valence-corrected chi connectivity index (χ4v) is 4.04. The topological polar surface area (TPSA) is 77.8 Å². The first-order valence-electron chi connectivity index (χ1n) is 5.95. The van der Waals surface area contributed by atoms with Crippen LogP contribution in [0.3, 0.4) is 0 Å². The van der Waals surface area contributed by atoms with E-state index in [4.69, 9.17) is 10.3 Å². The van der Waals surface area contributed by atoms with Gasteiger partial charge < -0.3 is 10.3 Å². The number of halogens is 1. The van der Waals surface area contributed by atoms with Gasteiger partial charge in [0, 0.05) is 5.56 Å². The summed E-state index contributed by atoms with van der Waals surface area (Å²) in [5.74, 6) is 1.08. The van der Waals surface area contributed by atoms with E-state index in [1.54, 1.807) is 11.3 Å². The van der Waals surface area contributed by atoms with E-state index in [-0.39, 0.29) is 0 Å². The molecule has 0 unspecified atom stereocenters. The largest absolute Gasteiger partial charge is 0.375 e. The molecule has 1 aromatic carbocycles. The lowest BCUT2D eigenvalue weighted by molar-refractivity contribution is 0.432. The second-order valence-electron chi connectivity index (χ2n) is 4.26. The number of hydrogen-bond donors (Lipinski definition) is 1. The summed E-state index contributed by atoms with van der Waals surface area (Å²) < 4.78 is 7.39. The first-order chi connectivity index (χ1) is 10.2. The maximum Gasteiger partial charge on any atom is 0.258 e. The number of thiazole rings is 1. The Hall–Kier alpha value is -1.77. The molecule has 0 fully saturated rings. The van der Waals surface area contributed by atoms with Gasteiger partial charge in [-0.05, 0) is 46.3 Å². The highest BCUT2D eigenvalue weighted by atomic mass is 79.9. The Morgan fingerprint density at radius 2 is 2.00 bits per heavy atom. The fraction of sp³-hybridized carbons (Fsp3) is 0. The predicted molar refractivity (Wildman–Crippen MR) is 88.3 cm³/mol. The van der Waals surface area contributed by atoms with Gasteiger partial charge in [-0.2, -0.15) is 4.98 Å². The Bertz CT molecular complexity index is 943. The van der Waals surface area contributed by atoms with Crippen LogP contribution in [0.25, 0.3) is 32.4 Å². The van der Waals surface area contributed by atoms with Crippen LogP contribution < -0.4 is 5.73 Å². The first kappa shape index (κ1) is 12.9. The Morgan fingerprint density at radius 1 is 1.10 bits per heavy atom. The van der Waals surface area contributed by atoms with Crippen LogP contribution >= 0.6 is 38.6 Å². The highest BCUT2D eigenvalue weighted by Crippen LogP contribution is 2.32. The molecule has 0 aliphatic carbocycles. The normalized spacial score (nSPS) is 11.3. The van der Waals surface area contributed by atoms with Gasteiger partial charge in [0.2, 0.25) is 5.82 Å². The van der Waals surface area contributed by atoms with Crippen molar-refractivity contribution >= 4 is 54.0 Å². The van der Waals surface area contributed by atoms with Crippen LogP contribution in [0.15, 0.2) is 38.6 Å². The van der Waals surface area contributed by atoms with Crippen molar-refractivity contribution < 1.29 is 4.52 Å². The molecule has 4 rings (SSSR count). The van der Waals surface area contributed by atoms with Crippen LogP contribution in [-0.4, -0.2) is 15.1 Å². The molecule has 2 N–H and O–H groups in total. The van der Waals surface area contributed by atoms with Crippen molar-refractivity contribution in [2.45, 2.75) is 0 Å². The van der Waals surface area contributed by atoms with Crippen molar-refractivity contribution in [1.29, 1.82) is 0 Å². The lowest BCUT2D eigenvalue weighted by Crippen LogP contribution is -1.80. The molecule has 0 aliphatic rings. The van der Waals surface area contributed by atoms with E-state index in [0.717, 1.165) is 24.4 Å². The number of fused-ring (bicyclic) bond motifs is 1. The summed E-state index contributed by atoms with van der Waals surface area (Å²) in [5, 5.41) is 4.58. The van der Waals surface area contributed by atoms with Crippen LogP contribution in [0.1, 0.15) is 0 Å². The predicted octanol–water partition coefficient (Wildman–Crippen LogP) is 4.42. The summed E-state index contributed by atoms with van der Waals surface area (Å²) in [4.78, 5) is 9.63. The number of nitrogen functional groups attached to an aromatic ring is 1. The highest BCUT2D eigenvalue weighted by molar-refractivity contribution is 9.11. The minimum atomic E-state index is 0.489. The number of rotatable bonds is 2. The van der Waals surface area contributed by atoms with Crippen molar-refractivity contribution in [2.75, 3.05) is 5.73 Å². The summed E-state index contributed by atoms with van der Waals surface area (Å²) in [6.07, 6.45) is 0. The van der Waals surface area contributed by atoms with E-state index in [2.05, 4.69) is 31.1 Å². The van der Waals surface area contributed by atoms with Gasteiger partial charge in [-0.1, -0.05) is 16.5 Å². The second-order valence-corrected chi connectivity index (χ2v) is 7.79. The van der Waals surface area contributed by atoms with E-state index in [1.807, 2.05) is 30.3 Å². The zero-order valence-electron chi connectivity index (χ0n) is 10.4. The molecule has 0 aliphatic heterocycles. The first-order valence-corrected chi connectivity index (χ1v) is 8.37. The second kappa shape index (κ2) is 4.90. The molecule has 8 heteroatoms. The summed E-state index contributed by atoms with van der Waals surface area (Å²) in [6.45, 7) is 0. The molecule has 104 valence electrons. The van der Waals surface area contributed by atoms with Crippen LogP contribution in [0.4, 0.5) is 5.13 Å². The van der Waals surface area contributed by atoms with Gasteiger partial charge in [-0.15, -0.1) is 11.3 Å². The molecular formula is C13H7BrN4OS2. The van der Waals surface area contributed by atoms with Crippen LogP contribution in [0, 0.1) is 0 Å². The molecule has 0 radical (unpaired) electrons. The Kier molecular flexibility index (Phi) is 3.02. The summed E-state index contributed by atoms with van der Waals surface area (Å²) in [5.41, 5.74) is 7.45. The molecule has 4 aromatic rings. The monoisotopic (exact) mass is 378 g/mol. The molecule has 0 bridgehead atoms. The van der Waals surface area contributed by atoms with Gasteiger partial charge in [0.05, 0.1) is 18.9 Å². The number of nitrogens with two attached hydrogens (primary N) is 1. The molecule has 0 saturated heterocycles. The highest BCUT2D eigenvalue weighted by Gasteiger charge is 2.13. The third kappa shape index (κ3) is 2.35. The van der Waals surface area contributed by atoms with Crippen LogP contribution in [0.5, 0.6) is 0 Å². The van der Waals surface area contributed by atoms with E-state index >= 15 is 0 Å². The van der Waals surface area contributed by atoms with Gasteiger partial charge in [0.1, 0.15) is 0 Å². The third-order valence-electron chi connectivity index (χ3n) is 2.87. The van der Waals surface area contributed by atoms with Crippen LogP contribution in [0.2, 0.25) is 0 Å². The van der Waals surface area contributed by atoms with Crippen molar-refractivity contribution in [3.05, 3.63) is 34.1 Å². The zero-order valence-corrected chi connectivity index (χ0v) is 13.6. The van der Waals surface area contributed by atoms with Crippen molar-refractivity contribution in [3.63, 3.8) is 0 Å². The number of nitrogens with zero attached hydrogens (tertiary/aromatic N) is 3. The number of anilines is 1. The summed E-state index contributed by atoms with van der Waals surface area (Å²) in [6, 6.07) is 9.69. The zero-order chi connectivity index (χ0) is 14.4. The Balaban J connectivity index is 1.76. The molecular weight excluding hydrogens is 372 g/mol. The minimum Gasteiger partial charge on any atom is -0.375 e. The lowest BCUT2D eigenvalue weighted by atomic mass is 10.2. The molecule has 3 aromatic heterocycles. The van der Waals surface area contributed by atoms with Gasteiger partial charge >= 0.3 is 0 Å². The van der Waals surface area contributed by atoms with Gasteiger partial charge in [0.25, 0.3) is 5.89 Å². The molecule has 3 heterocycles. The van der Waals surface area contributed by atoms with Crippen molar-refractivity contribution in [1.82, 2.24) is 15.1 Å². The molecule has 0 spiro atoms. The summed E-state index contributed by atoms with van der Waals surface area (Å²) >= 11 is 6.43. The minimum absolute atomic E-state index is 0.489. The Morgan fingerprint density at radius 3 is 2.81 bits per heavy atom. The van der Waals surface area contributed by atoms with E-state index in [1.165, 1.54) is 11.3 Å². The van der Waals surface area contributed by atoms with Gasteiger partial charge in [0.15, 0.2) is 5.13 Å². The fourth-order valence-electron chi connectivity index (χ4n) is 1.95. The van der Waals surface area contributed by atoms with Gasteiger partial charge in [-0.25, -0.2) is 4.98 Å². The quantitative estimate of drug-likeness (QED) is 0.558. The molecule has 0 saturated carbocycles. The Labute approximate surface area is 135 Å². The molecule has 0 amide bonds. The van der Waals surface area contributed by atoms with Crippen molar-refractivity contribution in [2.24, 2.45) is 0 Å². The smallest absolute Gasteiger partial charge is 0.258 e. The number of benzene rings is 1. The number of hydrogen-bond acceptors (Lipinski definition) is 7. The standard InChI is InChI=1S/C13H7BrN4OS2/c14-10-4-3-8(20-10)11-17-12(19-18-11)6-1-2-7-9(5-6)21-13(15)16-7/h1-5H,(H2,15,16). The average Bonchev–Trinajstić information content (AvgIpc) is 3.15. The van der Waals surface area contributed by atoms with Crippen molar-refractivity contribution in [3.8, 4) is 22.2 Å². The maximum atomic E-state index is 5.71. The molecule has 5 nitrogen and oxygen atoms in total. The lowest BCUT2D eigenvalue weighted by Gasteiger charge is -1.93. The molecule has 0 atom stereocenters.